The largest absolute Gasteiger partial charge is 0.481 e. The number of hydrogen-bond acceptors (Lipinski definition) is 5. The summed E-state index contributed by atoms with van der Waals surface area (Å²) in [7, 11) is 1.50. The zero-order chi connectivity index (χ0) is 13.1. The number of benzene rings is 1. The molecule has 2 rings (SSSR count). The van der Waals surface area contributed by atoms with Crippen LogP contribution in [0, 0.1) is 6.92 Å². The molecule has 0 spiro atoms. The third-order valence-electron chi connectivity index (χ3n) is 2.26. The van der Waals surface area contributed by atoms with Crippen LogP contribution in [0.25, 0.3) is 0 Å². The molecule has 0 saturated carbocycles. The molecule has 0 aliphatic heterocycles. The number of nitrogen functional groups attached to an aromatic ring is 1. The lowest BCUT2D eigenvalue weighted by atomic mass is 10.2. The molecule has 2 aromatic rings. The lowest BCUT2D eigenvalue weighted by molar-refractivity contribution is 0.389. The maximum Gasteiger partial charge on any atom is 0.227 e. The van der Waals surface area contributed by atoms with Crippen molar-refractivity contribution in [2.24, 2.45) is 0 Å². The Morgan fingerprint density at radius 2 is 1.89 bits per heavy atom. The quantitative estimate of drug-likeness (QED) is 0.924. The van der Waals surface area contributed by atoms with Crippen LogP contribution in [0.15, 0.2) is 24.3 Å². The van der Waals surface area contributed by atoms with Gasteiger partial charge in [0.15, 0.2) is 0 Å². The second-order valence-electron chi connectivity index (χ2n) is 3.62. The van der Waals surface area contributed by atoms with Gasteiger partial charge in [-0.2, -0.15) is 9.97 Å². The Morgan fingerprint density at radius 3 is 2.56 bits per heavy atom. The van der Waals surface area contributed by atoms with Crippen LogP contribution in [-0.4, -0.2) is 17.1 Å². The lowest BCUT2D eigenvalue weighted by Crippen LogP contribution is -2.00. The van der Waals surface area contributed by atoms with Gasteiger partial charge in [0.05, 0.1) is 13.2 Å². The molecule has 5 nitrogen and oxygen atoms in total. The van der Waals surface area contributed by atoms with E-state index in [1.54, 1.807) is 24.3 Å². The molecule has 0 saturated heterocycles. The van der Waals surface area contributed by atoms with Gasteiger partial charge in [0, 0.05) is 5.02 Å². The van der Waals surface area contributed by atoms with E-state index in [0.717, 1.165) is 5.56 Å². The number of anilines is 1. The molecule has 18 heavy (non-hydrogen) atoms. The van der Waals surface area contributed by atoms with Gasteiger partial charge in [-0.15, -0.1) is 0 Å². The molecule has 0 radical (unpaired) electrons. The first-order valence-corrected chi connectivity index (χ1v) is 5.59. The van der Waals surface area contributed by atoms with Crippen molar-refractivity contribution in [2.45, 2.75) is 6.92 Å². The third kappa shape index (κ3) is 2.81. The molecule has 6 heteroatoms. The number of aryl methyl sites for hydroxylation is 1. The van der Waals surface area contributed by atoms with Crippen LogP contribution >= 0.6 is 11.6 Å². The predicted molar refractivity (Wildman–Crippen MR) is 69.3 cm³/mol. The number of rotatable bonds is 3. The van der Waals surface area contributed by atoms with Crippen molar-refractivity contribution >= 4 is 17.5 Å². The number of aromatic nitrogens is 2. The number of ether oxygens (including phenoxy) is 2. The molecular formula is C12H12ClN3O2. The van der Waals surface area contributed by atoms with E-state index in [0.29, 0.717) is 22.5 Å². The number of hydrogen-bond donors (Lipinski definition) is 1. The van der Waals surface area contributed by atoms with Gasteiger partial charge in [-0.05, 0) is 30.7 Å². The summed E-state index contributed by atoms with van der Waals surface area (Å²) in [6, 6.07) is 6.87. The smallest absolute Gasteiger partial charge is 0.227 e. The zero-order valence-corrected chi connectivity index (χ0v) is 10.7. The van der Waals surface area contributed by atoms with E-state index in [4.69, 9.17) is 26.8 Å². The highest BCUT2D eigenvalue weighted by Crippen LogP contribution is 2.27. The Bertz CT molecular complexity index is 575. The second-order valence-corrected chi connectivity index (χ2v) is 4.06. The molecule has 0 amide bonds. The molecule has 1 heterocycles. The Labute approximate surface area is 110 Å². The van der Waals surface area contributed by atoms with Crippen molar-refractivity contribution < 1.29 is 9.47 Å². The first kappa shape index (κ1) is 12.4. The number of nitrogens with two attached hydrogens (primary N) is 1. The summed E-state index contributed by atoms with van der Waals surface area (Å²) in [5.74, 6) is 1.42. The van der Waals surface area contributed by atoms with Crippen LogP contribution in [-0.2, 0) is 0 Å². The van der Waals surface area contributed by atoms with Crippen molar-refractivity contribution in [3.63, 3.8) is 0 Å². The first-order valence-electron chi connectivity index (χ1n) is 5.21. The van der Waals surface area contributed by atoms with Gasteiger partial charge in [0.2, 0.25) is 17.7 Å². The highest BCUT2D eigenvalue weighted by molar-refractivity contribution is 6.30. The summed E-state index contributed by atoms with van der Waals surface area (Å²) in [4.78, 5) is 7.85. The fourth-order valence-corrected chi connectivity index (χ4v) is 1.64. The van der Waals surface area contributed by atoms with E-state index in [-0.39, 0.29) is 5.95 Å². The molecule has 0 bridgehead atoms. The van der Waals surface area contributed by atoms with E-state index >= 15 is 0 Å². The topological polar surface area (TPSA) is 70.3 Å². The predicted octanol–water partition coefficient (Wildman–Crippen LogP) is 2.82. The summed E-state index contributed by atoms with van der Waals surface area (Å²) in [5, 5.41) is 0.652. The van der Waals surface area contributed by atoms with Crippen LogP contribution in [0.5, 0.6) is 17.5 Å². The van der Waals surface area contributed by atoms with Gasteiger partial charge in [0.1, 0.15) is 5.75 Å². The average Bonchev–Trinajstić information content (AvgIpc) is 2.32. The molecule has 1 aromatic carbocycles. The maximum absolute atomic E-state index is 5.87. The monoisotopic (exact) mass is 265 g/mol. The Morgan fingerprint density at radius 1 is 1.17 bits per heavy atom. The summed E-state index contributed by atoms with van der Waals surface area (Å²) in [5.41, 5.74) is 6.45. The van der Waals surface area contributed by atoms with Gasteiger partial charge in [-0.3, -0.25) is 0 Å². The number of halogens is 1. The molecule has 0 aliphatic carbocycles. The zero-order valence-electron chi connectivity index (χ0n) is 9.98. The number of nitrogens with zero attached hydrogens (tertiary/aromatic N) is 2. The minimum Gasteiger partial charge on any atom is -0.481 e. The van der Waals surface area contributed by atoms with Crippen LogP contribution < -0.4 is 15.2 Å². The van der Waals surface area contributed by atoms with Crippen molar-refractivity contribution in [1.82, 2.24) is 9.97 Å². The van der Waals surface area contributed by atoms with Crippen LogP contribution in [0.2, 0.25) is 5.02 Å². The van der Waals surface area contributed by atoms with E-state index in [2.05, 4.69) is 9.97 Å². The van der Waals surface area contributed by atoms with Gasteiger partial charge >= 0.3 is 0 Å². The molecular weight excluding hydrogens is 254 g/mol. The summed E-state index contributed by atoms with van der Waals surface area (Å²) >= 11 is 5.87. The van der Waals surface area contributed by atoms with Crippen molar-refractivity contribution in [3.8, 4) is 17.5 Å². The molecule has 2 N–H and O–H groups in total. The summed E-state index contributed by atoms with van der Waals surface area (Å²) in [6.07, 6.45) is 0. The van der Waals surface area contributed by atoms with Gasteiger partial charge in [0.25, 0.3) is 0 Å². The normalized spacial score (nSPS) is 10.2. The highest BCUT2D eigenvalue weighted by atomic mass is 35.5. The Hall–Kier alpha value is -2.01. The second kappa shape index (κ2) is 5.10. The van der Waals surface area contributed by atoms with E-state index < -0.39 is 0 Å². The highest BCUT2D eigenvalue weighted by Gasteiger charge is 2.07. The average molecular weight is 266 g/mol. The maximum atomic E-state index is 5.87. The molecule has 94 valence electrons. The van der Waals surface area contributed by atoms with Gasteiger partial charge in [-0.25, -0.2) is 0 Å². The first-order chi connectivity index (χ1) is 8.58. The van der Waals surface area contributed by atoms with Gasteiger partial charge in [-0.1, -0.05) is 11.6 Å². The molecule has 1 aromatic heterocycles. The molecule has 0 atom stereocenters. The fourth-order valence-electron chi connectivity index (χ4n) is 1.42. The third-order valence-corrected chi connectivity index (χ3v) is 2.49. The minimum atomic E-state index is 0.0935. The van der Waals surface area contributed by atoms with Crippen molar-refractivity contribution in [2.75, 3.05) is 12.8 Å². The fraction of sp³-hybridized carbons (Fsp3) is 0.167. The van der Waals surface area contributed by atoms with Crippen LogP contribution in [0.1, 0.15) is 5.56 Å². The van der Waals surface area contributed by atoms with Crippen molar-refractivity contribution in [1.29, 1.82) is 0 Å². The van der Waals surface area contributed by atoms with Crippen LogP contribution in [0.3, 0.4) is 0 Å². The Kier molecular flexibility index (Phi) is 3.53. The summed E-state index contributed by atoms with van der Waals surface area (Å²) in [6.45, 7) is 1.89. The molecule has 0 aliphatic rings. The van der Waals surface area contributed by atoms with E-state index in [1.165, 1.54) is 7.11 Å². The van der Waals surface area contributed by atoms with E-state index in [9.17, 15) is 0 Å². The number of methoxy groups -OCH3 is 1. The van der Waals surface area contributed by atoms with Crippen LogP contribution in [0.4, 0.5) is 5.95 Å². The van der Waals surface area contributed by atoms with Crippen molar-refractivity contribution in [3.05, 3.63) is 34.9 Å². The Balaban J connectivity index is 2.30. The molecule has 0 unspecified atom stereocenters. The minimum absolute atomic E-state index is 0.0935. The lowest BCUT2D eigenvalue weighted by Gasteiger charge is -2.09. The SMILES string of the molecule is COc1cc(Oc2ccc(Cl)cc2C)nc(N)n1. The van der Waals surface area contributed by atoms with E-state index in [1.807, 2.05) is 6.92 Å². The summed E-state index contributed by atoms with van der Waals surface area (Å²) < 4.78 is 10.6. The van der Waals surface area contributed by atoms with Gasteiger partial charge < -0.3 is 15.2 Å². The molecule has 0 fully saturated rings. The standard InChI is InChI=1S/C12H12ClN3O2/c1-7-5-8(13)3-4-9(7)18-11-6-10(17-2)15-12(14)16-11/h3-6H,1-2H3,(H2,14,15,16).